The summed E-state index contributed by atoms with van der Waals surface area (Å²) in [5.41, 5.74) is -0.0346. The summed E-state index contributed by atoms with van der Waals surface area (Å²) >= 11 is 5.82. The lowest BCUT2D eigenvalue weighted by Gasteiger charge is -2.24. The van der Waals surface area contributed by atoms with E-state index >= 15 is 0 Å². The van der Waals surface area contributed by atoms with E-state index < -0.39 is 5.60 Å². The van der Waals surface area contributed by atoms with Crippen LogP contribution >= 0.6 is 11.6 Å². The average Bonchev–Trinajstić information content (AvgIpc) is 2.42. The largest absolute Gasteiger partial charge is 0.478 e. The van der Waals surface area contributed by atoms with E-state index in [1.165, 1.54) is 0 Å². The molecule has 0 saturated carbocycles. The molecule has 1 aliphatic rings. The minimum Gasteiger partial charge on any atom is -0.478 e. The van der Waals surface area contributed by atoms with Crippen LogP contribution in [0.4, 0.5) is 0 Å². The molecular formula is C15H19ClN2O2. The second-order valence-corrected chi connectivity index (χ2v) is 5.74. The molecule has 1 fully saturated rings. The number of carbonyl (C=O) groups excluding carboxylic acids is 1. The molecule has 0 spiro atoms. The Morgan fingerprint density at radius 2 is 1.85 bits per heavy atom. The highest BCUT2D eigenvalue weighted by atomic mass is 35.5. The van der Waals surface area contributed by atoms with Crippen LogP contribution in [0, 0.1) is 0 Å². The Labute approximate surface area is 124 Å². The highest BCUT2D eigenvalue weighted by molar-refractivity contribution is 6.30. The van der Waals surface area contributed by atoms with Gasteiger partial charge < -0.3 is 10.1 Å². The van der Waals surface area contributed by atoms with E-state index in [1.54, 1.807) is 38.1 Å². The number of benzene rings is 1. The van der Waals surface area contributed by atoms with Crippen LogP contribution in [0.3, 0.4) is 0 Å². The zero-order valence-corrected chi connectivity index (χ0v) is 12.5. The molecule has 2 rings (SSSR count). The molecule has 0 bridgehead atoms. The second-order valence-electron chi connectivity index (χ2n) is 5.30. The van der Waals surface area contributed by atoms with Crippen molar-refractivity contribution in [3.63, 3.8) is 0 Å². The lowest BCUT2D eigenvalue weighted by Crippen LogP contribution is -2.38. The standard InChI is InChI=1S/C15H19ClN2O2/c1-15(2,20-13-5-3-11(16)4-6-13)14(19)18-12-7-9-17-10-8-12/h3-6,17H,7-10H2,1-2H3. The fourth-order valence-corrected chi connectivity index (χ4v) is 2.07. The van der Waals surface area contributed by atoms with Crippen LogP contribution in [-0.2, 0) is 4.79 Å². The van der Waals surface area contributed by atoms with Crippen molar-refractivity contribution >= 4 is 23.2 Å². The lowest BCUT2D eigenvalue weighted by molar-refractivity contribution is -0.130. The Hall–Kier alpha value is -1.39. The number of aliphatic imine (C=N–C) groups is 1. The zero-order chi connectivity index (χ0) is 14.6. The molecule has 1 aromatic rings. The van der Waals surface area contributed by atoms with Gasteiger partial charge in [-0.3, -0.25) is 4.79 Å². The first-order valence-corrected chi connectivity index (χ1v) is 7.11. The van der Waals surface area contributed by atoms with E-state index in [1.807, 2.05) is 0 Å². The van der Waals surface area contributed by atoms with Gasteiger partial charge in [-0.2, -0.15) is 0 Å². The molecule has 0 radical (unpaired) electrons. The van der Waals surface area contributed by atoms with Crippen molar-refractivity contribution in [2.75, 3.05) is 13.1 Å². The molecule has 1 amide bonds. The summed E-state index contributed by atoms with van der Waals surface area (Å²) in [5, 5.41) is 3.87. The molecule has 1 saturated heterocycles. The third-order valence-electron chi connectivity index (χ3n) is 3.14. The number of rotatable bonds is 3. The van der Waals surface area contributed by atoms with E-state index in [0.29, 0.717) is 10.8 Å². The molecule has 20 heavy (non-hydrogen) atoms. The van der Waals surface area contributed by atoms with Crippen LogP contribution in [0.1, 0.15) is 26.7 Å². The number of nitrogens with zero attached hydrogens (tertiary/aromatic N) is 1. The quantitative estimate of drug-likeness (QED) is 0.932. The number of halogens is 1. The van der Waals surface area contributed by atoms with Gasteiger partial charge in [-0.15, -0.1) is 0 Å². The summed E-state index contributed by atoms with van der Waals surface area (Å²) in [6.45, 7) is 5.22. The Bertz CT molecular complexity index is 501. The van der Waals surface area contributed by atoms with Crippen molar-refractivity contribution in [1.29, 1.82) is 0 Å². The summed E-state index contributed by atoms with van der Waals surface area (Å²) in [6.07, 6.45) is 1.64. The minimum absolute atomic E-state index is 0.246. The number of amides is 1. The first kappa shape index (κ1) is 15.0. The third-order valence-corrected chi connectivity index (χ3v) is 3.39. The molecule has 108 valence electrons. The third kappa shape index (κ3) is 4.05. The van der Waals surface area contributed by atoms with Crippen LogP contribution in [0.2, 0.25) is 5.02 Å². The van der Waals surface area contributed by atoms with Crippen LogP contribution < -0.4 is 10.1 Å². The van der Waals surface area contributed by atoms with Crippen molar-refractivity contribution in [2.24, 2.45) is 4.99 Å². The van der Waals surface area contributed by atoms with Gasteiger partial charge >= 0.3 is 0 Å². The summed E-state index contributed by atoms with van der Waals surface area (Å²) in [5.74, 6) is 0.364. The topological polar surface area (TPSA) is 50.7 Å². The zero-order valence-electron chi connectivity index (χ0n) is 11.8. The molecule has 0 aromatic heterocycles. The average molecular weight is 295 g/mol. The number of nitrogens with one attached hydrogen (secondary N) is 1. The Morgan fingerprint density at radius 3 is 2.45 bits per heavy atom. The summed E-state index contributed by atoms with van der Waals surface area (Å²) < 4.78 is 5.73. The molecule has 0 aliphatic carbocycles. The molecule has 1 heterocycles. The fraction of sp³-hybridized carbons (Fsp3) is 0.467. The highest BCUT2D eigenvalue weighted by Crippen LogP contribution is 2.22. The van der Waals surface area contributed by atoms with Crippen molar-refractivity contribution in [3.05, 3.63) is 29.3 Å². The van der Waals surface area contributed by atoms with Gasteiger partial charge in [0.15, 0.2) is 5.60 Å². The van der Waals surface area contributed by atoms with E-state index in [0.717, 1.165) is 31.6 Å². The molecule has 5 heteroatoms. The maximum atomic E-state index is 12.2. The van der Waals surface area contributed by atoms with Crippen molar-refractivity contribution in [1.82, 2.24) is 5.32 Å². The maximum Gasteiger partial charge on any atom is 0.289 e. The molecular weight excluding hydrogens is 276 g/mol. The summed E-state index contributed by atoms with van der Waals surface area (Å²) in [6, 6.07) is 6.95. The number of ether oxygens (including phenoxy) is 1. The minimum atomic E-state index is -0.980. The summed E-state index contributed by atoms with van der Waals surface area (Å²) in [4.78, 5) is 16.5. The van der Waals surface area contributed by atoms with E-state index in [9.17, 15) is 4.79 Å². The molecule has 1 aromatic carbocycles. The van der Waals surface area contributed by atoms with Crippen LogP contribution in [0.5, 0.6) is 5.75 Å². The van der Waals surface area contributed by atoms with E-state index in [-0.39, 0.29) is 5.91 Å². The van der Waals surface area contributed by atoms with Gasteiger partial charge in [0, 0.05) is 23.8 Å². The van der Waals surface area contributed by atoms with Gasteiger partial charge in [0.05, 0.1) is 0 Å². The van der Waals surface area contributed by atoms with Gasteiger partial charge in [-0.1, -0.05) is 11.6 Å². The Kier molecular flexibility index (Phi) is 4.78. The van der Waals surface area contributed by atoms with Crippen molar-refractivity contribution in [3.8, 4) is 5.75 Å². The number of piperidine rings is 1. The number of hydrogen-bond acceptors (Lipinski definition) is 3. The van der Waals surface area contributed by atoms with E-state index in [4.69, 9.17) is 16.3 Å². The van der Waals surface area contributed by atoms with Gasteiger partial charge in [0.25, 0.3) is 5.91 Å². The van der Waals surface area contributed by atoms with Crippen LogP contribution in [0.15, 0.2) is 29.3 Å². The van der Waals surface area contributed by atoms with Crippen molar-refractivity contribution in [2.45, 2.75) is 32.3 Å². The first-order valence-electron chi connectivity index (χ1n) is 6.73. The monoisotopic (exact) mass is 294 g/mol. The highest BCUT2D eigenvalue weighted by Gasteiger charge is 2.30. The van der Waals surface area contributed by atoms with Gasteiger partial charge in [-0.05, 0) is 51.0 Å². The normalized spacial score (nSPS) is 15.8. The van der Waals surface area contributed by atoms with Gasteiger partial charge in [-0.25, -0.2) is 4.99 Å². The van der Waals surface area contributed by atoms with Gasteiger partial charge in [0.1, 0.15) is 5.75 Å². The second kappa shape index (κ2) is 6.37. The predicted molar refractivity (Wildman–Crippen MR) is 80.7 cm³/mol. The predicted octanol–water partition coefficient (Wildman–Crippen LogP) is 2.85. The molecule has 1 aliphatic heterocycles. The lowest BCUT2D eigenvalue weighted by atomic mass is 10.1. The first-order chi connectivity index (χ1) is 9.47. The molecule has 0 atom stereocenters. The molecule has 4 nitrogen and oxygen atoms in total. The number of carbonyl (C=O) groups is 1. The van der Waals surface area contributed by atoms with Crippen LogP contribution in [-0.4, -0.2) is 30.3 Å². The molecule has 1 N–H and O–H groups in total. The van der Waals surface area contributed by atoms with E-state index in [2.05, 4.69) is 10.3 Å². The Balaban J connectivity index is 2.04. The maximum absolute atomic E-state index is 12.2. The SMILES string of the molecule is CC(C)(Oc1ccc(Cl)cc1)C(=O)N=C1CCNCC1. The smallest absolute Gasteiger partial charge is 0.289 e. The molecule has 0 unspecified atom stereocenters. The summed E-state index contributed by atoms with van der Waals surface area (Å²) in [7, 11) is 0. The van der Waals surface area contributed by atoms with Crippen LogP contribution in [0.25, 0.3) is 0 Å². The Morgan fingerprint density at radius 1 is 1.25 bits per heavy atom. The van der Waals surface area contributed by atoms with Gasteiger partial charge in [0.2, 0.25) is 0 Å². The fourth-order valence-electron chi connectivity index (χ4n) is 1.95. The van der Waals surface area contributed by atoms with Crippen molar-refractivity contribution < 1.29 is 9.53 Å². The number of hydrogen-bond donors (Lipinski definition) is 1.